The summed E-state index contributed by atoms with van der Waals surface area (Å²) in [6.07, 6.45) is 0. The zero-order chi connectivity index (χ0) is 15.0. The first kappa shape index (κ1) is 14.2. The third kappa shape index (κ3) is 2.57. The molecule has 2 nitrogen and oxygen atoms in total. The molecule has 1 unspecified atom stereocenters. The van der Waals surface area contributed by atoms with Gasteiger partial charge in [-0.2, -0.15) is 0 Å². The number of nitrogens with one attached hydrogen (secondary N) is 1. The van der Waals surface area contributed by atoms with Gasteiger partial charge in [0.15, 0.2) is 5.58 Å². The van der Waals surface area contributed by atoms with E-state index in [2.05, 4.69) is 43.4 Å². The van der Waals surface area contributed by atoms with Gasteiger partial charge in [-0.15, -0.1) is 0 Å². The van der Waals surface area contributed by atoms with Gasteiger partial charge >= 0.3 is 0 Å². The molecule has 3 aromatic rings. The van der Waals surface area contributed by atoms with E-state index in [1.165, 1.54) is 16.7 Å². The van der Waals surface area contributed by atoms with Crippen LogP contribution < -0.4 is 5.32 Å². The number of fused-ring (bicyclic) bond motifs is 1. The molecule has 1 atom stereocenters. The fourth-order valence-electron chi connectivity index (χ4n) is 2.79. The lowest BCUT2D eigenvalue weighted by Gasteiger charge is -2.17. The lowest BCUT2D eigenvalue weighted by Crippen LogP contribution is -2.18. The molecule has 3 rings (SSSR count). The van der Waals surface area contributed by atoms with Gasteiger partial charge in [-0.1, -0.05) is 47.5 Å². The largest absolute Gasteiger partial charge is 0.457 e. The number of benzene rings is 2. The molecular formula is C18H18ClNO. The van der Waals surface area contributed by atoms with Crippen molar-refractivity contribution < 1.29 is 4.42 Å². The molecule has 1 N–H and O–H groups in total. The van der Waals surface area contributed by atoms with Crippen LogP contribution >= 0.6 is 11.6 Å². The SMILES string of the molecule is CNC(c1cc2cccc(Cl)c2o1)c1ccc(C)cc1C. The van der Waals surface area contributed by atoms with Gasteiger partial charge < -0.3 is 9.73 Å². The highest BCUT2D eigenvalue weighted by Crippen LogP contribution is 2.32. The van der Waals surface area contributed by atoms with Crippen LogP contribution in [0.25, 0.3) is 11.0 Å². The lowest BCUT2D eigenvalue weighted by molar-refractivity contribution is 0.490. The summed E-state index contributed by atoms with van der Waals surface area (Å²) in [4.78, 5) is 0. The van der Waals surface area contributed by atoms with Gasteiger partial charge in [-0.05, 0) is 44.2 Å². The van der Waals surface area contributed by atoms with Crippen molar-refractivity contribution in [2.75, 3.05) is 7.05 Å². The van der Waals surface area contributed by atoms with Crippen molar-refractivity contribution in [1.82, 2.24) is 5.32 Å². The summed E-state index contributed by atoms with van der Waals surface area (Å²) in [6, 6.07) is 14.4. The summed E-state index contributed by atoms with van der Waals surface area (Å²) in [7, 11) is 1.94. The van der Waals surface area contributed by atoms with Crippen LogP contribution in [0.3, 0.4) is 0 Å². The number of hydrogen-bond acceptors (Lipinski definition) is 2. The van der Waals surface area contributed by atoms with E-state index in [0.717, 1.165) is 16.7 Å². The topological polar surface area (TPSA) is 25.2 Å². The van der Waals surface area contributed by atoms with Crippen LogP contribution in [0.15, 0.2) is 46.9 Å². The van der Waals surface area contributed by atoms with Gasteiger partial charge in [0.05, 0.1) is 11.1 Å². The van der Waals surface area contributed by atoms with Crippen molar-refractivity contribution >= 4 is 22.6 Å². The minimum atomic E-state index is 0.0223. The molecule has 2 aromatic carbocycles. The highest BCUT2D eigenvalue weighted by Gasteiger charge is 2.19. The predicted molar refractivity (Wildman–Crippen MR) is 88.0 cm³/mol. The fraction of sp³-hybridized carbons (Fsp3) is 0.222. The Bertz CT molecular complexity index is 791. The van der Waals surface area contributed by atoms with E-state index in [1.807, 2.05) is 25.2 Å². The average Bonchev–Trinajstić information content (AvgIpc) is 2.87. The third-order valence-electron chi connectivity index (χ3n) is 3.82. The zero-order valence-electron chi connectivity index (χ0n) is 12.4. The van der Waals surface area contributed by atoms with Crippen LogP contribution in [0.4, 0.5) is 0 Å². The molecule has 108 valence electrons. The second-order valence-electron chi connectivity index (χ2n) is 5.39. The summed E-state index contributed by atoms with van der Waals surface area (Å²) < 4.78 is 6.00. The minimum Gasteiger partial charge on any atom is -0.457 e. The summed E-state index contributed by atoms with van der Waals surface area (Å²) in [5, 5.41) is 5.02. The van der Waals surface area contributed by atoms with Crippen molar-refractivity contribution in [2.45, 2.75) is 19.9 Å². The van der Waals surface area contributed by atoms with Crippen molar-refractivity contribution in [3.63, 3.8) is 0 Å². The normalized spacial score (nSPS) is 12.8. The molecule has 0 radical (unpaired) electrons. The van der Waals surface area contributed by atoms with E-state index in [1.54, 1.807) is 0 Å². The quantitative estimate of drug-likeness (QED) is 0.735. The molecule has 0 aliphatic heterocycles. The van der Waals surface area contributed by atoms with Gasteiger partial charge in [-0.25, -0.2) is 0 Å². The molecule has 0 aliphatic rings. The van der Waals surface area contributed by atoms with Crippen LogP contribution in [0, 0.1) is 13.8 Å². The fourth-order valence-corrected chi connectivity index (χ4v) is 3.01. The maximum absolute atomic E-state index is 6.20. The highest BCUT2D eigenvalue weighted by molar-refractivity contribution is 6.34. The molecule has 0 aliphatic carbocycles. The molecule has 21 heavy (non-hydrogen) atoms. The Morgan fingerprint density at radius 1 is 1.10 bits per heavy atom. The van der Waals surface area contributed by atoms with E-state index in [9.17, 15) is 0 Å². The van der Waals surface area contributed by atoms with Crippen molar-refractivity contribution in [3.05, 3.63) is 69.9 Å². The first-order valence-electron chi connectivity index (χ1n) is 7.02. The van der Waals surface area contributed by atoms with E-state index >= 15 is 0 Å². The van der Waals surface area contributed by atoms with Crippen molar-refractivity contribution in [3.8, 4) is 0 Å². The molecule has 1 heterocycles. The Kier molecular flexibility index (Phi) is 3.75. The summed E-state index contributed by atoms with van der Waals surface area (Å²) in [5.41, 5.74) is 4.48. The second-order valence-corrected chi connectivity index (χ2v) is 5.80. The van der Waals surface area contributed by atoms with Gasteiger partial charge in [-0.3, -0.25) is 0 Å². The van der Waals surface area contributed by atoms with E-state index < -0.39 is 0 Å². The number of aryl methyl sites for hydroxylation is 2. The van der Waals surface area contributed by atoms with Crippen LogP contribution in [0.1, 0.15) is 28.5 Å². The van der Waals surface area contributed by atoms with E-state index in [-0.39, 0.29) is 6.04 Å². The van der Waals surface area contributed by atoms with E-state index in [4.69, 9.17) is 16.0 Å². The first-order chi connectivity index (χ1) is 10.1. The maximum atomic E-state index is 6.20. The van der Waals surface area contributed by atoms with Gasteiger partial charge in [0.1, 0.15) is 5.76 Å². The number of halogens is 1. The summed E-state index contributed by atoms with van der Waals surface area (Å²) in [6.45, 7) is 4.23. The molecule has 1 aromatic heterocycles. The predicted octanol–water partition coefficient (Wildman–Crippen LogP) is 5.01. The lowest BCUT2D eigenvalue weighted by atomic mass is 9.97. The average molecular weight is 300 g/mol. The highest BCUT2D eigenvalue weighted by atomic mass is 35.5. The van der Waals surface area contributed by atoms with Crippen LogP contribution in [0.2, 0.25) is 5.02 Å². The molecule has 0 amide bonds. The molecule has 0 fully saturated rings. The Balaban J connectivity index is 2.11. The minimum absolute atomic E-state index is 0.0223. The summed E-state index contributed by atoms with van der Waals surface area (Å²) >= 11 is 6.20. The molecule has 0 saturated carbocycles. The Morgan fingerprint density at radius 3 is 2.57 bits per heavy atom. The van der Waals surface area contributed by atoms with Crippen LogP contribution in [-0.4, -0.2) is 7.05 Å². The summed E-state index contributed by atoms with van der Waals surface area (Å²) in [5.74, 6) is 0.882. The second kappa shape index (κ2) is 5.55. The molecule has 0 spiro atoms. The molecular weight excluding hydrogens is 282 g/mol. The number of para-hydroxylation sites is 1. The monoisotopic (exact) mass is 299 g/mol. The third-order valence-corrected chi connectivity index (χ3v) is 4.12. The standard InChI is InChI=1S/C18H18ClNO/c1-11-7-8-14(12(2)9-11)17(20-3)16-10-13-5-4-6-15(19)18(13)21-16/h4-10,17,20H,1-3H3. The number of rotatable bonds is 3. The Morgan fingerprint density at radius 2 is 1.90 bits per heavy atom. The van der Waals surface area contributed by atoms with Crippen LogP contribution in [0.5, 0.6) is 0 Å². The molecule has 0 saturated heterocycles. The Labute approximate surface area is 129 Å². The van der Waals surface area contributed by atoms with Gasteiger partial charge in [0, 0.05) is 5.39 Å². The Hall–Kier alpha value is -1.77. The molecule has 3 heteroatoms. The first-order valence-corrected chi connectivity index (χ1v) is 7.40. The van der Waals surface area contributed by atoms with Crippen LogP contribution in [-0.2, 0) is 0 Å². The zero-order valence-corrected chi connectivity index (χ0v) is 13.2. The van der Waals surface area contributed by atoms with Gasteiger partial charge in [0.2, 0.25) is 0 Å². The number of hydrogen-bond donors (Lipinski definition) is 1. The van der Waals surface area contributed by atoms with Gasteiger partial charge in [0.25, 0.3) is 0 Å². The molecule has 0 bridgehead atoms. The smallest absolute Gasteiger partial charge is 0.152 e. The number of furan rings is 1. The van der Waals surface area contributed by atoms with Crippen molar-refractivity contribution in [1.29, 1.82) is 0 Å². The maximum Gasteiger partial charge on any atom is 0.152 e. The van der Waals surface area contributed by atoms with Crippen molar-refractivity contribution in [2.24, 2.45) is 0 Å². The van der Waals surface area contributed by atoms with E-state index in [0.29, 0.717) is 5.02 Å².